The first-order valence-corrected chi connectivity index (χ1v) is 3.47. The molecule has 0 saturated carbocycles. The number of esters is 1. The summed E-state index contributed by atoms with van der Waals surface area (Å²) in [5.74, 6) is -0.309. The Balaban J connectivity index is 4.11. The third kappa shape index (κ3) is 3.37. The van der Waals surface area contributed by atoms with E-state index in [1.165, 1.54) is 14.2 Å². The maximum Gasteiger partial charge on any atom is 0.311 e. The zero-order valence-corrected chi connectivity index (χ0v) is 7.51. The average Bonchev–Trinajstić information content (AvgIpc) is 2.02. The minimum absolute atomic E-state index is 0.309. The molecule has 0 amide bonds. The maximum atomic E-state index is 11.1. The fraction of sp³-hybridized carbons (Fsp3) is 0.875. The molecule has 11 heavy (non-hydrogen) atoms. The van der Waals surface area contributed by atoms with Gasteiger partial charge in [0.2, 0.25) is 0 Å². The van der Waals surface area contributed by atoms with Crippen LogP contribution in [-0.4, -0.2) is 26.8 Å². The van der Waals surface area contributed by atoms with Crippen molar-refractivity contribution in [3.05, 3.63) is 0 Å². The second kappa shape index (κ2) is 4.34. The molecule has 3 heteroatoms. The van der Waals surface area contributed by atoms with Gasteiger partial charge in [-0.05, 0) is 20.3 Å². The SMILES string of the molecule is [2H][C@@H](CC(C)(C)C(=O)OC)OC. The normalized spacial score (nSPS) is 15.5. The van der Waals surface area contributed by atoms with Gasteiger partial charge >= 0.3 is 5.97 Å². The van der Waals surface area contributed by atoms with Crippen molar-refractivity contribution in [1.82, 2.24) is 0 Å². The molecule has 0 heterocycles. The summed E-state index contributed by atoms with van der Waals surface area (Å²) in [6, 6.07) is 0. The predicted octanol–water partition coefficient (Wildman–Crippen LogP) is 1.22. The molecule has 0 aromatic rings. The number of ether oxygens (including phenoxy) is 2. The molecule has 0 aromatic heterocycles. The summed E-state index contributed by atoms with van der Waals surface area (Å²) >= 11 is 0. The fourth-order valence-electron chi connectivity index (χ4n) is 0.651. The highest BCUT2D eigenvalue weighted by Gasteiger charge is 2.27. The van der Waals surface area contributed by atoms with Crippen LogP contribution in [0.3, 0.4) is 0 Å². The largest absolute Gasteiger partial charge is 0.469 e. The minimum atomic E-state index is -0.668. The summed E-state index contributed by atoms with van der Waals surface area (Å²) < 4.78 is 16.6. The van der Waals surface area contributed by atoms with Gasteiger partial charge in [-0.25, -0.2) is 0 Å². The molecule has 0 radical (unpaired) electrons. The van der Waals surface area contributed by atoms with E-state index in [0.29, 0.717) is 6.42 Å². The van der Waals surface area contributed by atoms with E-state index in [2.05, 4.69) is 4.74 Å². The van der Waals surface area contributed by atoms with E-state index in [1.54, 1.807) is 13.8 Å². The Hall–Kier alpha value is -0.570. The molecular formula is C8H16O3. The van der Waals surface area contributed by atoms with Crippen LogP contribution in [0.1, 0.15) is 21.6 Å². The molecule has 0 aliphatic carbocycles. The standard InChI is InChI=1S/C8H16O3/c1-8(2,5-6-10-3)7(9)11-4/h5-6H2,1-4H3/i6D/t6-/m0/s1. The zero-order valence-electron chi connectivity index (χ0n) is 8.51. The molecule has 0 aromatic carbocycles. The first-order valence-electron chi connectivity index (χ1n) is 4.05. The molecule has 1 atom stereocenters. The van der Waals surface area contributed by atoms with Crippen molar-refractivity contribution >= 4 is 5.97 Å². The lowest BCUT2D eigenvalue weighted by atomic mass is 9.90. The number of carbonyl (C=O) groups excluding carboxylic acids is 1. The highest BCUT2D eigenvalue weighted by atomic mass is 16.5. The van der Waals surface area contributed by atoms with E-state index < -0.39 is 12.0 Å². The van der Waals surface area contributed by atoms with Gasteiger partial charge in [0.15, 0.2) is 0 Å². The zero-order chi connectivity index (χ0) is 9.78. The molecule has 0 fully saturated rings. The topological polar surface area (TPSA) is 35.5 Å². The van der Waals surface area contributed by atoms with Crippen molar-refractivity contribution in [2.75, 3.05) is 20.8 Å². The Morgan fingerprint density at radius 3 is 2.45 bits per heavy atom. The number of hydrogen-bond donors (Lipinski definition) is 0. The van der Waals surface area contributed by atoms with Gasteiger partial charge in [-0.1, -0.05) is 0 Å². The Morgan fingerprint density at radius 1 is 1.55 bits per heavy atom. The summed E-state index contributed by atoms with van der Waals surface area (Å²) in [5.41, 5.74) is -0.642. The number of carbonyl (C=O) groups is 1. The lowest BCUT2D eigenvalue weighted by molar-refractivity contribution is -0.151. The van der Waals surface area contributed by atoms with Gasteiger partial charge in [-0.15, -0.1) is 0 Å². The number of hydrogen-bond acceptors (Lipinski definition) is 3. The van der Waals surface area contributed by atoms with Gasteiger partial charge in [0.1, 0.15) is 0 Å². The maximum absolute atomic E-state index is 11.1. The first-order chi connectivity index (χ1) is 5.44. The molecule has 0 bridgehead atoms. The Bertz CT molecular complexity index is 156. The molecule has 66 valence electrons. The van der Waals surface area contributed by atoms with Crippen LogP contribution in [0.5, 0.6) is 0 Å². The Morgan fingerprint density at radius 2 is 2.09 bits per heavy atom. The minimum Gasteiger partial charge on any atom is -0.469 e. The van der Waals surface area contributed by atoms with Crippen LogP contribution in [0.25, 0.3) is 0 Å². The first kappa shape index (κ1) is 8.53. The molecule has 0 unspecified atom stereocenters. The third-order valence-electron chi connectivity index (χ3n) is 1.50. The summed E-state index contributed by atoms with van der Waals surface area (Å²) in [6.45, 7) is 2.80. The number of methoxy groups -OCH3 is 2. The van der Waals surface area contributed by atoms with Crippen molar-refractivity contribution in [3.8, 4) is 0 Å². The van der Waals surface area contributed by atoms with Gasteiger partial charge < -0.3 is 9.47 Å². The van der Waals surface area contributed by atoms with Gasteiger partial charge in [0.25, 0.3) is 0 Å². The van der Waals surface area contributed by atoms with Gasteiger partial charge in [0.05, 0.1) is 13.9 Å². The molecule has 0 rings (SSSR count). The molecule has 0 N–H and O–H groups in total. The van der Waals surface area contributed by atoms with Gasteiger partial charge in [0, 0.05) is 13.7 Å². The highest BCUT2D eigenvalue weighted by Crippen LogP contribution is 2.21. The quantitative estimate of drug-likeness (QED) is 0.581. The lowest BCUT2D eigenvalue weighted by Crippen LogP contribution is -2.26. The molecule has 0 saturated heterocycles. The van der Waals surface area contributed by atoms with Crippen LogP contribution in [0.2, 0.25) is 0 Å². The molecule has 0 spiro atoms. The Labute approximate surface area is 69.1 Å². The lowest BCUT2D eigenvalue weighted by Gasteiger charge is -2.20. The summed E-state index contributed by atoms with van der Waals surface area (Å²) in [6.07, 6.45) is 0.343. The van der Waals surface area contributed by atoms with Gasteiger partial charge in [-0.3, -0.25) is 4.79 Å². The van der Waals surface area contributed by atoms with Crippen molar-refractivity contribution < 1.29 is 15.6 Å². The monoisotopic (exact) mass is 161 g/mol. The molecule has 0 aliphatic heterocycles. The smallest absolute Gasteiger partial charge is 0.311 e. The van der Waals surface area contributed by atoms with Crippen LogP contribution in [0.15, 0.2) is 0 Å². The van der Waals surface area contributed by atoms with Crippen LogP contribution in [0.4, 0.5) is 0 Å². The summed E-state index contributed by atoms with van der Waals surface area (Å²) in [7, 11) is 2.79. The average molecular weight is 161 g/mol. The van der Waals surface area contributed by atoms with E-state index in [-0.39, 0.29) is 5.97 Å². The molecular weight excluding hydrogens is 144 g/mol. The van der Waals surface area contributed by atoms with Crippen LogP contribution < -0.4 is 0 Å². The second-order valence-corrected chi connectivity index (χ2v) is 2.98. The summed E-state index contributed by atoms with van der Waals surface area (Å²) in [4.78, 5) is 11.1. The van der Waals surface area contributed by atoms with Crippen LogP contribution >= 0.6 is 0 Å². The van der Waals surface area contributed by atoms with Crippen molar-refractivity contribution in [2.24, 2.45) is 5.41 Å². The van der Waals surface area contributed by atoms with E-state index in [9.17, 15) is 4.79 Å². The van der Waals surface area contributed by atoms with Crippen LogP contribution in [0, 0.1) is 5.41 Å². The van der Waals surface area contributed by atoms with E-state index in [4.69, 9.17) is 6.11 Å². The second-order valence-electron chi connectivity index (χ2n) is 2.98. The molecule has 3 nitrogen and oxygen atoms in total. The van der Waals surface area contributed by atoms with Crippen LogP contribution in [-0.2, 0) is 14.3 Å². The van der Waals surface area contributed by atoms with Crippen molar-refractivity contribution in [2.45, 2.75) is 20.3 Å². The third-order valence-corrected chi connectivity index (χ3v) is 1.50. The van der Waals surface area contributed by atoms with E-state index >= 15 is 0 Å². The predicted molar refractivity (Wildman–Crippen MR) is 42.3 cm³/mol. The van der Waals surface area contributed by atoms with Gasteiger partial charge in [-0.2, -0.15) is 0 Å². The fourth-order valence-corrected chi connectivity index (χ4v) is 0.651. The van der Waals surface area contributed by atoms with Crippen molar-refractivity contribution in [1.29, 1.82) is 0 Å². The Kier molecular flexibility index (Phi) is 3.36. The highest BCUT2D eigenvalue weighted by molar-refractivity contribution is 5.75. The van der Waals surface area contributed by atoms with E-state index in [0.717, 1.165) is 0 Å². The molecule has 0 aliphatic rings. The number of rotatable bonds is 4. The summed E-state index contributed by atoms with van der Waals surface area (Å²) in [5, 5.41) is 0. The van der Waals surface area contributed by atoms with E-state index in [1.807, 2.05) is 0 Å². The van der Waals surface area contributed by atoms with Crippen molar-refractivity contribution in [3.63, 3.8) is 0 Å².